The summed E-state index contributed by atoms with van der Waals surface area (Å²) >= 11 is 5.80. The van der Waals surface area contributed by atoms with Crippen LogP contribution in [0.1, 0.15) is 16.1 Å². The van der Waals surface area contributed by atoms with Crippen LogP contribution in [0.3, 0.4) is 0 Å². The third-order valence-corrected chi connectivity index (χ3v) is 2.50. The predicted octanol–water partition coefficient (Wildman–Crippen LogP) is 2.76. The number of hydrogen-bond donors (Lipinski definition) is 0. The number of rotatable bonds is 0. The molecule has 2 aromatic rings. The van der Waals surface area contributed by atoms with E-state index in [1.54, 1.807) is 18.2 Å². The van der Waals surface area contributed by atoms with E-state index in [9.17, 15) is 4.79 Å². The topological polar surface area (TPSA) is 39.4 Å². The molecule has 3 nitrogen and oxygen atoms in total. The summed E-state index contributed by atoms with van der Waals surface area (Å²) in [7, 11) is 0. The second kappa shape index (κ2) is 2.51. The highest BCUT2D eigenvalue weighted by atomic mass is 35.5. The standard InChI is InChI=1S/C10H5ClO3/c11-5-1-2-6-7(3-5)14-8-4-13-10(12)9(6)8/h1-3H,4H2. The number of ether oxygens (including phenoxy) is 1. The van der Waals surface area contributed by atoms with Crippen molar-refractivity contribution in [2.24, 2.45) is 0 Å². The number of carbonyl (C=O) groups excluding carboxylic acids is 1. The Kier molecular flexibility index (Phi) is 1.42. The van der Waals surface area contributed by atoms with Gasteiger partial charge >= 0.3 is 5.97 Å². The van der Waals surface area contributed by atoms with E-state index in [-0.39, 0.29) is 12.6 Å². The SMILES string of the molecule is O=C1OCc2oc3cc(Cl)ccc3c21. The van der Waals surface area contributed by atoms with Gasteiger partial charge in [0.05, 0.1) is 0 Å². The van der Waals surface area contributed by atoms with Gasteiger partial charge in [0.2, 0.25) is 0 Å². The number of cyclic esters (lactones) is 1. The van der Waals surface area contributed by atoms with E-state index in [2.05, 4.69) is 0 Å². The first kappa shape index (κ1) is 7.88. The molecular formula is C10H5ClO3. The minimum Gasteiger partial charge on any atom is -0.456 e. The number of furan rings is 1. The maximum atomic E-state index is 11.3. The molecule has 0 bridgehead atoms. The lowest BCUT2D eigenvalue weighted by atomic mass is 10.1. The molecule has 0 spiro atoms. The highest BCUT2D eigenvalue weighted by Gasteiger charge is 2.28. The Hall–Kier alpha value is -1.48. The fourth-order valence-electron chi connectivity index (χ4n) is 1.65. The van der Waals surface area contributed by atoms with E-state index >= 15 is 0 Å². The first-order valence-electron chi connectivity index (χ1n) is 4.14. The van der Waals surface area contributed by atoms with Crippen LogP contribution in [0.15, 0.2) is 22.6 Å². The Balaban J connectivity index is 2.41. The molecule has 1 aliphatic rings. The van der Waals surface area contributed by atoms with Crippen LogP contribution in [-0.2, 0) is 11.3 Å². The van der Waals surface area contributed by atoms with Gasteiger partial charge in [0.15, 0.2) is 12.4 Å². The summed E-state index contributed by atoms with van der Waals surface area (Å²) in [6.45, 7) is 0.223. The Morgan fingerprint density at radius 2 is 2.21 bits per heavy atom. The molecule has 4 heteroatoms. The molecule has 1 aromatic carbocycles. The number of halogens is 1. The quantitative estimate of drug-likeness (QED) is 0.625. The molecule has 0 amide bonds. The summed E-state index contributed by atoms with van der Waals surface area (Å²) in [6, 6.07) is 5.19. The van der Waals surface area contributed by atoms with Gasteiger partial charge in [0, 0.05) is 16.5 Å². The van der Waals surface area contributed by atoms with E-state index in [1.165, 1.54) is 0 Å². The van der Waals surface area contributed by atoms with E-state index in [0.29, 0.717) is 21.9 Å². The number of esters is 1. The third kappa shape index (κ3) is 0.902. The van der Waals surface area contributed by atoms with Crippen molar-refractivity contribution in [3.05, 3.63) is 34.5 Å². The van der Waals surface area contributed by atoms with Crippen LogP contribution in [0.2, 0.25) is 5.02 Å². The van der Waals surface area contributed by atoms with Crippen LogP contribution in [0.25, 0.3) is 11.0 Å². The van der Waals surface area contributed by atoms with Gasteiger partial charge in [0.1, 0.15) is 11.1 Å². The lowest BCUT2D eigenvalue weighted by Crippen LogP contribution is -1.92. The molecular weight excluding hydrogens is 204 g/mol. The van der Waals surface area contributed by atoms with Gasteiger partial charge in [-0.05, 0) is 12.1 Å². The highest BCUT2D eigenvalue weighted by Crippen LogP contribution is 2.32. The summed E-state index contributed by atoms with van der Waals surface area (Å²) in [4.78, 5) is 11.3. The van der Waals surface area contributed by atoms with Gasteiger partial charge in [-0.2, -0.15) is 0 Å². The summed E-state index contributed by atoms with van der Waals surface area (Å²) in [5, 5.41) is 1.37. The molecule has 1 aliphatic heterocycles. The lowest BCUT2D eigenvalue weighted by molar-refractivity contribution is 0.0524. The fraction of sp³-hybridized carbons (Fsp3) is 0.100. The van der Waals surface area contributed by atoms with Gasteiger partial charge in [-0.3, -0.25) is 0 Å². The van der Waals surface area contributed by atoms with E-state index in [4.69, 9.17) is 20.8 Å². The van der Waals surface area contributed by atoms with Crippen molar-refractivity contribution in [2.75, 3.05) is 0 Å². The van der Waals surface area contributed by atoms with E-state index in [0.717, 1.165) is 5.39 Å². The lowest BCUT2D eigenvalue weighted by Gasteiger charge is -1.93. The molecule has 0 radical (unpaired) electrons. The second-order valence-corrected chi connectivity index (χ2v) is 3.55. The smallest absolute Gasteiger partial charge is 0.342 e. The maximum absolute atomic E-state index is 11.3. The molecule has 0 saturated carbocycles. The molecule has 0 unspecified atom stereocenters. The molecule has 70 valence electrons. The Morgan fingerprint density at radius 3 is 3.07 bits per heavy atom. The molecule has 0 atom stereocenters. The monoisotopic (exact) mass is 208 g/mol. The molecule has 0 saturated heterocycles. The molecule has 14 heavy (non-hydrogen) atoms. The normalized spacial score (nSPS) is 14.5. The Morgan fingerprint density at radius 1 is 1.36 bits per heavy atom. The van der Waals surface area contributed by atoms with Gasteiger partial charge < -0.3 is 9.15 Å². The second-order valence-electron chi connectivity index (χ2n) is 3.12. The zero-order chi connectivity index (χ0) is 9.71. The summed E-state index contributed by atoms with van der Waals surface area (Å²) in [5.74, 6) is 0.272. The third-order valence-electron chi connectivity index (χ3n) is 2.26. The first-order chi connectivity index (χ1) is 6.75. The van der Waals surface area contributed by atoms with Gasteiger partial charge in [0.25, 0.3) is 0 Å². The Labute approximate surface area is 84.2 Å². The van der Waals surface area contributed by atoms with Crippen LogP contribution >= 0.6 is 11.6 Å². The van der Waals surface area contributed by atoms with Crippen LogP contribution in [0, 0.1) is 0 Å². The predicted molar refractivity (Wildman–Crippen MR) is 50.3 cm³/mol. The number of hydrogen-bond acceptors (Lipinski definition) is 3. The van der Waals surface area contributed by atoms with Crippen LogP contribution < -0.4 is 0 Å². The summed E-state index contributed by atoms with van der Waals surface area (Å²) in [6.07, 6.45) is 0. The largest absolute Gasteiger partial charge is 0.456 e. The van der Waals surface area contributed by atoms with Crippen molar-refractivity contribution in [1.29, 1.82) is 0 Å². The maximum Gasteiger partial charge on any atom is 0.342 e. The van der Waals surface area contributed by atoms with Crippen LogP contribution in [0.5, 0.6) is 0 Å². The van der Waals surface area contributed by atoms with Crippen LogP contribution in [-0.4, -0.2) is 5.97 Å². The summed E-state index contributed by atoms with van der Waals surface area (Å²) < 4.78 is 10.3. The molecule has 2 heterocycles. The van der Waals surface area contributed by atoms with Crippen molar-refractivity contribution >= 4 is 28.5 Å². The zero-order valence-corrected chi connectivity index (χ0v) is 7.80. The minimum atomic E-state index is -0.318. The average molecular weight is 209 g/mol. The van der Waals surface area contributed by atoms with Crippen LogP contribution in [0.4, 0.5) is 0 Å². The van der Waals surface area contributed by atoms with E-state index in [1.807, 2.05) is 0 Å². The molecule has 0 N–H and O–H groups in total. The average Bonchev–Trinajstić information content (AvgIpc) is 2.66. The first-order valence-corrected chi connectivity index (χ1v) is 4.51. The minimum absolute atomic E-state index is 0.223. The van der Waals surface area contributed by atoms with E-state index < -0.39 is 0 Å². The van der Waals surface area contributed by atoms with Gasteiger partial charge in [-0.25, -0.2) is 4.79 Å². The molecule has 0 aliphatic carbocycles. The van der Waals surface area contributed by atoms with Gasteiger partial charge in [-0.1, -0.05) is 11.6 Å². The Bertz CT molecular complexity index is 542. The summed E-state index contributed by atoms with van der Waals surface area (Å²) in [5.41, 5.74) is 1.18. The van der Waals surface area contributed by atoms with Crippen molar-refractivity contribution in [3.63, 3.8) is 0 Å². The van der Waals surface area contributed by atoms with Crippen molar-refractivity contribution in [3.8, 4) is 0 Å². The molecule has 1 aromatic heterocycles. The van der Waals surface area contributed by atoms with Gasteiger partial charge in [-0.15, -0.1) is 0 Å². The van der Waals surface area contributed by atoms with Crippen molar-refractivity contribution in [2.45, 2.75) is 6.61 Å². The number of carbonyl (C=O) groups is 1. The van der Waals surface area contributed by atoms with Crippen molar-refractivity contribution in [1.82, 2.24) is 0 Å². The molecule has 3 rings (SSSR count). The molecule has 0 fully saturated rings. The van der Waals surface area contributed by atoms with Crippen molar-refractivity contribution < 1.29 is 13.9 Å². The zero-order valence-electron chi connectivity index (χ0n) is 7.04. The highest BCUT2D eigenvalue weighted by molar-refractivity contribution is 6.31. The number of fused-ring (bicyclic) bond motifs is 3. The fourth-order valence-corrected chi connectivity index (χ4v) is 1.81. The number of benzene rings is 1.